The summed E-state index contributed by atoms with van der Waals surface area (Å²) in [6.45, 7) is 0. The van der Waals surface area contributed by atoms with Gasteiger partial charge in [0, 0.05) is 3.57 Å². The molecule has 0 aliphatic carbocycles. The molecule has 0 spiro atoms. The largest absolute Gasteiger partial charge is 0.480 e. The molecule has 0 aromatic heterocycles. The van der Waals surface area contributed by atoms with Crippen LogP contribution in [-0.2, 0) is 21.3 Å². The normalized spacial score (nSPS) is 12.7. The van der Waals surface area contributed by atoms with Gasteiger partial charge in [-0.25, -0.2) is 0 Å². The number of nitrogens with two attached hydrogens (primary N) is 1. The molecular formula is C15H12I3NO6S. The summed E-state index contributed by atoms with van der Waals surface area (Å²) in [5, 5.41) is 8.92. The maximum Gasteiger partial charge on any atom is 0.320 e. The Hall–Kier alpha value is -0.230. The summed E-state index contributed by atoms with van der Waals surface area (Å²) in [6, 6.07) is 6.82. The van der Waals surface area contributed by atoms with Crippen LogP contribution in [0.1, 0.15) is 5.56 Å². The van der Waals surface area contributed by atoms with Crippen LogP contribution in [0.2, 0.25) is 0 Å². The zero-order valence-electron chi connectivity index (χ0n) is 12.8. The molecule has 140 valence electrons. The molecule has 0 fully saturated rings. The van der Waals surface area contributed by atoms with Gasteiger partial charge >= 0.3 is 5.97 Å². The second-order valence-electron chi connectivity index (χ2n) is 5.21. The molecule has 0 amide bonds. The highest BCUT2D eigenvalue weighted by molar-refractivity contribution is 14.1. The van der Waals surface area contributed by atoms with Gasteiger partial charge in [0.15, 0.2) is 5.75 Å². The van der Waals surface area contributed by atoms with Crippen molar-refractivity contribution in [1.82, 2.24) is 0 Å². The number of hydrogen-bond acceptors (Lipinski definition) is 5. The Balaban J connectivity index is 2.30. The lowest BCUT2D eigenvalue weighted by atomic mass is 10.1. The minimum absolute atomic E-state index is 0.187. The van der Waals surface area contributed by atoms with Crippen molar-refractivity contribution < 1.29 is 27.6 Å². The van der Waals surface area contributed by atoms with Crippen LogP contribution in [0.5, 0.6) is 11.5 Å². The molecule has 0 saturated heterocycles. The highest BCUT2D eigenvalue weighted by Crippen LogP contribution is 2.34. The fourth-order valence-electron chi connectivity index (χ4n) is 2.04. The number of benzene rings is 2. The van der Waals surface area contributed by atoms with E-state index >= 15 is 0 Å². The lowest BCUT2D eigenvalue weighted by Crippen LogP contribution is -2.32. The van der Waals surface area contributed by atoms with E-state index in [1.54, 1.807) is 34.7 Å². The van der Waals surface area contributed by atoms with Gasteiger partial charge in [0.1, 0.15) is 16.7 Å². The predicted molar refractivity (Wildman–Crippen MR) is 120 cm³/mol. The van der Waals surface area contributed by atoms with E-state index in [-0.39, 0.29) is 11.3 Å². The molecule has 0 heterocycles. The van der Waals surface area contributed by atoms with Gasteiger partial charge in [-0.2, -0.15) is 8.42 Å². The van der Waals surface area contributed by atoms with Crippen LogP contribution in [-0.4, -0.2) is 30.1 Å². The fourth-order valence-corrected chi connectivity index (χ4v) is 6.03. The van der Waals surface area contributed by atoms with Crippen LogP contribution in [0, 0.1) is 10.7 Å². The van der Waals surface area contributed by atoms with Gasteiger partial charge in [-0.05, 0) is 110 Å². The molecule has 1 unspecified atom stereocenters. The average molecular weight is 715 g/mol. The van der Waals surface area contributed by atoms with E-state index in [9.17, 15) is 13.2 Å². The van der Waals surface area contributed by atoms with E-state index < -0.39 is 22.1 Å². The molecule has 11 heteroatoms. The first-order valence-electron chi connectivity index (χ1n) is 6.90. The van der Waals surface area contributed by atoms with E-state index in [1.165, 1.54) is 18.2 Å². The first-order chi connectivity index (χ1) is 12.0. The molecule has 7 nitrogen and oxygen atoms in total. The molecule has 2 aromatic rings. The predicted octanol–water partition coefficient (Wildman–Crippen LogP) is 3.49. The van der Waals surface area contributed by atoms with Crippen molar-refractivity contribution in [2.45, 2.75) is 17.4 Å². The van der Waals surface area contributed by atoms with Gasteiger partial charge in [-0.15, -0.1) is 0 Å². The summed E-state index contributed by atoms with van der Waals surface area (Å²) in [7, 11) is -4.29. The summed E-state index contributed by atoms with van der Waals surface area (Å²) >= 11 is 5.95. The first kappa shape index (κ1) is 22.1. The van der Waals surface area contributed by atoms with Crippen LogP contribution >= 0.6 is 67.8 Å². The quantitative estimate of drug-likeness (QED) is 0.309. The molecule has 26 heavy (non-hydrogen) atoms. The second kappa shape index (κ2) is 8.85. The third kappa shape index (κ3) is 5.63. The van der Waals surface area contributed by atoms with Crippen molar-refractivity contribution in [3.8, 4) is 11.5 Å². The number of carboxylic acids is 1. The van der Waals surface area contributed by atoms with E-state index in [1.807, 2.05) is 0 Å². The van der Waals surface area contributed by atoms with Gasteiger partial charge in [-0.3, -0.25) is 9.35 Å². The molecule has 4 N–H and O–H groups in total. The monoisotopic (exact) mass is 715 g/mol. The molecule has 0 aliphatic heterocycles. The number of ether oxygens (including phenoxy) is 1. The number of hydrogen-bond donors (Lipinski definition) is 3. The number of halogens is 3. The smallest absolute Gasteiger partial charge is 0.320 e. The third-order valence-electron chi connectivity index (χ3n) is 3.23. The molecule has 0 saturated carbocycles. The third-order valence-corrected chi connectivity index (χ3v) is 7.00. The Morgan fingerprint density at radius 3 is 2.15 bits per heavy atom. The van der Waals surface area contributed by atoms with Gasteiger partial charge in [0.2, 0.25) is 0 Å². The molecule has 0 radical (unpaired) electrons. The lowest BCUT2D eigenvalue weighted by molar-refractivity contribution is -0.138. The Bertz CT molecular complexity index is 941. The maximum atomic E-state index is 11.3. The Morgan fingerprint density at radius 2 is 1.69 bits per heavy atom. The number of carbonyl (C=O) groups is 1. The van der Waals surface area contributed by atoms with Crippen molar-refractivity contribution in [3.63, 3.8) is 0 Å². The van der Waals surface area contributed by atoms with Crippen LogP contribution in [0.15, 0.2) is 35.2 Å². The van der Waals surface area contributed by atoms with Crippen molar-refractivity contribution in [1.29, 1.82) is 0 Å². The molecule has 2 rings (SSSR count). The van der Waals surface area contributed by atoms with Gasteiger partial charge in [-0.1, -0.05) is 0 Å². The van der Waals surface area contributed by atoms with Gasteiger partial charge in [0.25, 0.3) is 10.1 Å². The number of aliphatic carboxylic acids is 1. The van der Waals surface area contributed by atoms with Crippen molar-refractivity contribution in [2.75, 3.05) is 0 Å². The number of rotatable bonds is 6. The standard InChI is InChI=1S/C15H12I3NO6S/c16-9-6-8(1-2-13(9)26(22,23)24)25-14-10(17)3-7(4-11(14)18)5-12(19)15(20)21/h1-4,6,12H,5,19H2,(H,20,21)(H,22,23,24). The highest BCUT2D eigenvalue weighted by atomic mass is 127. The zero-order chi connectivity index (χ0) is 19.6. The van der Waals surface area contributed by atoms with E-state index in [0.717, 1.165) is 12.7 Å². The minimum atomic E-state index is -4.29. The Labute approximate surface area is 190 Å². The van der Waals surface area contributed by atoms with Crippen molar-refractivity contribution >= 4 is 83.9 Å². The van der Waals surface area contributed by atoms with Crippen LogP contribution in [0.25, 0.3) is 0 Å². The highest BCUT2D eigenvalue weighted by Gasteiger charge is 2.18. The SMILES string of the molecule is NC(Cc1cc(I)c(Oc2ccc(S(=O)(=O)O)c(I)c2)c(I)c1)C(=O)O. The zero-order valence-corrected chi connectivity index (χ0v) is 20.1. The number of carboxylic acid groups (broad SMARTS) is 1. The van der Waals surface area contributed by atoms with Crippen molar-refractivity contribution in [3.05, 3.63) is 46.6 Å². The summed E-state index contributed by atoms with van der Waals surface area (Å²) < 4.78 is 39.4. The Kier molecular flexibility index (Phi) is 7.51. The van der Waals surface area contributed by atoms with Crippen LogP contribution < -0.4 is 10.5 Å². The molecule has 1 atom stereocenters. The van der Waals surface area contributed by atoms with E-state index in [4.69, 9.17) is 20.1 Å². The van der Waals surface area contributed by atoms with Gasteiger partial charge < -0.3 is 15.6 Å². The summed E-state index contributed by atoms with van der Waals surface area (Å²) in [6.07, 6.45) is 0.197. The fraction of sp³-hybridized carbons (Fsp3) is 0.133. The molecule has 0 bridgehead atoms. The second-order valence-corrected chi connectivity index (χ2v) is 10.1. The molecule has 0 aliphatic rings. The minimum Gasteiger partial charge on any atom is -0.480 e. The topological polar surface area (TPSA) is 127 Å². The molecule has 2 aromatic carbocycles. The van der Waals surface area contributed by atoms with E-state index in [2.05, 4.69) is 45.2 Å². The lowest BCUT2D eigenvalue weighted by Gasteiger charge is -2.14. The molecular weight excluding hydrogens is 703 g/mol. The van der Waals surface area contributed by atoms with Crippen LogP contribution in [0.4, 0.5) is 0 Å². The van der Waals surface area contributed by atoms with Crippen LogP contribution in [0.3, 0.4) is 0 Å². The van der Waals surface area contributed by atoms with E-state index in [0.29, 0.717) is 15.1 Å². The van der Waals surface area contributed by atoms with Crippen molar-refractivity contribution in [2.24, 2.45) is 5.73 Å². The summed E-state index contributed by atoms with van der Waals surface area (Å²) in [4.78, 5) is 10.7. The van der Waals surface area contributed by atoms with Gasteiger partial charge in [0.05, 0.1) is 7.14 Å². The Morgan fingerprint density at radius 1 is 1.12 bits per heavy atom. The summed E-state index contributed by atoms with van der Waals surface area (Å²) in [5.41, 5.74) is 6.35. The maximum absolute atomic E-state index is 11.3. The first-order valence-corrected chi connectivity index (χ1v) is 11.6. The average Bonchev–Trinajstić information content (AvgIpc) is 2.49. The summed E-state index contributed by atoms with van der Waals surface area (Å²) in [5.74, 6) is -0.0919.